The Balaban J connectivity index is 2.34. The molecule has 4 nitrogen and oxygen atoms in total. The highest BCUT2D eigenvalue weighted by molar-refractivity contribution is 7.19. The average Bonchev–Trinajstić information content (AvgIpc) is 2.94. The van der Waals surface area contributed by atoms with Crippen molar-refractivity contribution in [2.45, 2.75) is 0 Å². The van der Waals surface area contributed by atoms with Crippen molar-refractivity contribution < 1.29 is 9.90 Å². The molecule has 0 aliphatic heterocycles. The second kappa shape index (κ2) is 4.12. The van der Waals surface area contributed by atoms with Gasteiger partial charge in [0.05, 0.1) is 20.9 Å². The molecular formula is C12H7ClN2O2S. The zero-order chi connectivity index (χ0) is 12.7. The molecule has 0 saturated carbocycles. The number of fused-ring (bicyclic) bond motifs is 1. The Morgan fingerprint density at radius 1 is 1.33 bits per heavy atom. The zero-order valence-electron chi connectivity index (χ0n) is 9.00. The Morgan fingerprint density at radius 3 is 2.83 bits per heavy atom. The molecule has 3 aromatic heterocycles. The van der Waals surface area contributed by atoms with E-state index in [1.54, 1.807) is 28.8 Å². The van der Waals surface area contributed by atoms with Gasteiger partial charge in [0.1, 0.15) is 5.69 Å². The van der Waals surface area contributed by atoms with Crippen LogP contribution in [0.2, 0.25) is 4.34 Å². The van der Waals surface area contributed by atoms with Gasteiger partial charge in [-0.05, 0) is 24.3 Å². The van der Waals surface area contributed by atoms with Gasteiger partial charge in [0.25, 0.3) is 0 Å². The van der Waals surface area contributed by atoms with E-state index in [0.29, 0.717) is 10.2 Å². The highest BCUT2D eigenvalue weighted by atomic mass is 35.5. The third-order valence-electron chi connectivity index (χ3n) is 2.56. The summed E-state index contributed by atoms with van der Waals surface area (Å²) < 4.78 is 2.26. The standard InChI is InChI=1S/C12H7ClN2O2S/c13-10-5-4-9(18-10)11-14-6-7-2-1-3-8(12(16)17)15(7)11/h1-6H,(H,16,17). The van der Waals surface area contributed by atoms with Gasteiger partial charge >= 0.3 is 5.97 Å². The van der Waals surface area contributed by atoms with Crippen molar-refractivity contribution in [2.75, 3.05) is 0 Å². The second-order valence-corrected chi connectivity index (χ2v) is 5.38. The van der Waals surface area contributed by atoms with E-state index in [1.807, 2.05) is 12.1 Å². The molecule has 18 heavy (non-hydrogen) atoms. The van der Waals surface area contributed by atoms with Crippen LogP contribution in [0.25, 0.3) is 16.2 Å². The van der Waals surface area contributed by atoms with Crippen LogP contribution in [0.4, 0.5) is 0 Å². The van der Waals surface area contributed by atoms with E-state index < -0.39 is 5.97 Å². The summed E-state index contributed by atoms with van der Waals surface area (Å²) in [5.41, 5.74) is 0.930. The van der Waals surface area contributed by atoms with Gasteiger partial charge in [0.15, 0.2) is 5.82 Å². The largest absolute Gasteiger partial charge is 0.477 e. The minimum atomic E-state index is -0.984. The Morgan fingerprint density at radius 2 is 2.17 bits per heavy atom. The van der Waals surface area contributed by atoms with E-state index in [0.717, 1.165) is 10.4 Å². The maximum Gasteiger partial charge on any atom is 0.352 e. The van der Waals surface area contributed by atoms with Crippen LogP contribution in [0.5, 0.6) is 0 Å². The maximum absolute atomic E-state index is 11.2. The molecule has 3 rings (SSSR count). The first-order valence-corrected chi connectivity index (χ1v) is 6.32. The molecule has 0 fully saturated rings. The Hall–Kier alpha value is -1.85. The van der Waals surface area contributed by atoms with Gasteiger partial charge in [-0.2, -0.15) is 0 Å². The molecule has 0 aliphatic carbocycles. The summed E-state index contributed by atoms with van der Waals surface area (Å²) in [5, 5.41) is 9.21. The minimum absolute atomic E-state index is 0.185. The molecule has 0 spiro atoms. The molecule has 3 heterocycles. The molecule has 1 N–H and O–H groups in total. The van der Waals surface area contributed by atoms with Crippen molar-refractivity contribution in [2.24, 2.45) is 0 Å². The van der Waals surface area contributed by atoms with E-state index in [2.05, 4.69) is 4.98 Å². The minimum Gasteiger partial charge on any atom is -0.477 e. The Labute approximate surface area is 111 Å². The summed E-state index contributed by atoms with van der Waals surface area (Å²) in [6.45, 7) is 0. The smallest absolute Gasteiger partial charge is 0.352 e. The van der Waals surface area contributed by atoms with Crippen molar-refractivity contribution in [1.82, 2.24) is 9.38 Å². The number of aromatic carboxylic acids is 1. The molecule has 90 valence electrons. The van der Waals surface area contributed by atoms with Crippen molar-refractivity contribution >= 4 is 34.4 Å². The highest BCUT2D eigenvalue weighted by Gasteiger charge is 2.15. The second-order valence-electron chi connectivity index (χ2n) is 3.66. The topological polar surface area (TPSA) is 54.6 Å². The third kappa shape index (κ3) is 1.68. The third-order valence-corrected chi connectivity index (χ3v) is 3.79. The number of hydrogen-bond donors (Lipinski definition) is 1. The van der Waals surface area contributed by atoms with E-state index >= 15 is 0 Å². The van der Waals surface area contributed by atoms with Crippen LogP contribution >= 0.6 is 22.9 Å². The SMILES string of the molecule is O=C(O)c1cccc2cnc(-c3ccc(Cl)s3)n12. The van der Waals surface area contributed by atoms with Gasteiger partial charge in [-0.3, -0.25) is 4.40 Å². The highest BCUT2D eigenvalue weighted by Crippen LogP contribution is 2.31. The van der Waals surface area contributed by atoms with Gasteiger partial charge in [-0.25, -0.2) is 9.78 Å². The fourth-order valence-corrected chi connectivity index (χ4v) is 2.85. The fourth-order valence-electron chi connectivity index (χ4n) is 1.82. The van der Waals surface area contributed by atoms with Crippen LogP contribution in [0.15, 0.2) is 36.5 Å². The van der Waals surface area contributed by atoms with Crippen LogP contribution in [-0.4, -0.2) is 20.5 Å². The Bertz CT molecular complexity index is 747. The molecular weight excluding hydrogens is 272 g/mol. The lowest BCUT2D eigenvalue weighted by Gasteiger charge is -2.03. The summed E-state index contributed by atoms with van der Waals surface area (Å²) in [6.07, 6.45) is 1.65. The van der Waals surface area contributed by atoms with E-state index in [9.17, 15) is 9.90 Å². The molecule has 0 aliphatic rings. The molecule has 0 bridgehead atoms. The molecule has 0 unspecified atom stereocenters. The molecule has 0 saturated heterocycles. The van der Waals surface area contributed by atoms with Gasteiger partial charge in [0, 0.05) is 0 Å². The first kappa shape index (κ1) is 11.3. The van der Waals surface area contributed by atoms with Crippen molar-refractivity contribution in [1.29, 1.82) is 0 Å². The maximum atomic E-state index is 11.2. The molecule has 0 amide bonds. The van der Waals surface area contributed by atoms with Crippen molar-refractivity contribution in [3.8, 4) is 10.7 Å². The number of pyridine rings is 1. The lowest BCUT2D eigenvalue weighted by molar-refractivity contribution is 0.0689. The number of rotatable bonds is 2. The molecule has 3 aromatic rings. The number of thiophene rings is 1. The van der Waals surface area contributed by atoms with Crippen LogP contribution in [-0.2, 0) is 0 Å². The van der Waals surface area contributed by atoms with Crippen molar-refractivity contribution in [3.05, 3.63) is 46.6 Å². The lowest BCUT2D eigenvalue weighted by Crippen LogP contribution is -2.05. The monoisotopic (exact) mass is 278 g/mol. The summed E-state index contributed by atoms with van der Waals surface area (Å²) in [4.78, 5) is 16.3. The first-order valence-electron chi connectivity index (χ1n) is 5.12. The number of carboxylic acids is 1. The van der Waals surface area contributed by atoms with Gasteiger partial charge in [-0.1, -0.05) is 17.7 Å². The van der Waals surface area contributed by atoms with Crippen molar-refractivity contribution in [3.63, 3.8) is 0 Å². The number of aromatic nitrogens is 2. The first-order chi connectivity index (χ1) is 8.66. The Kier molecular flexibility index (Phi) is 2.57. The lowest BCUT2D eigenvalue weighted by atomic mass is 10.3. The number of carbonyl (C=O) groups is 1. The predicted octanol–water partition coefficient (Wildman–Crippen LogP) is 3.41. The van der Waals surface area contributed by atoms with E-state index in [-0.39, 0.29) is 5.69 Å². The van der Waals surface area contributed by atoms with Crippen LogP contribution < -0.4 is 0 Å². The normalized spacial score (nSPS) is 10.9. The molecule has 0 atom stereocenters. The summed E-state index contributed by atoms with van der Waals surface area (Å²) in [7, 11) is 0. The van der Waals surface area contributed by atoms with Crippen LogP contribution in [0, 0.1) is 0 Å². The summed E-state index contributed by atoms with van der Waals surface area (Å²) in [6, 6.07) is 8.67. The molecule has 6 heteroatoms. The quantitative estimate of drug-likeness (QED) is 0.781. The summed E-state index contributed by atoms with van der Waals surface area (Å²) in [5.74, 6) is -0.387. The molecule has 0 aromatic carbocycles. The van der Waals surface area contributed by atoms with Gasteiger partial charge in [0.2, 0.25) is 0 Å². The number of nitrogens with zero attached hydrogens (tertiary/aromatic N) is 2. The summed E-state index contributed by atoms with van der Waals surface area (Å²) >= 11 is 7.27. The van der Waals surface area contributed by atoms with Crippen LogP contribution in [0.1, 0.15) is 10.5 Å². The van der Waals surface area contributed by atoms with Gasteiger partial charge in [-0.15, -0.1) is 11.3 Å². The van der Waals surface area contributed by atoms with E-state index in [1.165, 1.54) is 11.3 Å². The number of halogens is 1. The number of imidazole rings is 1. The predicted molar refractivity (Wildman–Crippen MR) is 70.5 cm³/mol. The number of hydrogen-bond acceptors (Lipinski definition) is 3. The molecule has 0 radical (unpaired) electrons. The zero-order valence-corrected chi connectivity index (χ0v) is 10.6. The van der Waals surface area contributed by atoms with E-state index in [4.69, 9.17) is 11.6 Å². The average molecular weight is 279 g/mol. The fraction of sp³-hybridized carbons (Fsp3) is 0. The van der Waals surface area contributed by atoms with Crippen LogP contribution in [0.3, 0.4) is 0 Å². The number of carboxylic acid groups (broad SMARTS) is 1. The van der Waals surface area contributed by atoms with Gasteiger partial charge < -0.3 is 5.11 Å².